The number of halogens is 2. The van der Waals surface area contributed by atoms with E-state index < -0.39 is 5.92 Å². The fourth-order valence-electron chi connectivity index (χ4n) is 3.73. The minimum absolute atomic E-state index is 0.0125. The predicted octanol–water partition coefficient (Wildman–Crippen LogP) is 3.45. The zero-order valence-electron chi connectivity index (χ0n) is 11.6. The molecule has 2 saturated carbocycles. The van der Waals surface area contributed by atoms with Crippen LogP contribution in [0.2, 0.25) is 0 Å². The third-order valence-corrected chi connectivity index (χ3v) is 4.99. The van der Waals surface area contributed by atoms with Crippen LogP contribution < -0.4 is 11.3 Å². The molecule has 0 heterocycles. The summed E-state index contributed by atoms with van der Waals surface area (Å²) in [6, 6.07) is 10.6. The normalized spacial score (nSPS) is 30.9. The van der Waals surface area contributed by atoms with Gasteiger partial charge in [0.15, 0.2) is 0 Å². The molecule has 20 heavy (non-hydrogen) atoms. The molecule has 110 valence electrons. The number of nitrogens with two attached hydrogens (primary N) is 1. The van der Waals surface area contributed by atoms with Crippen molar-refractivity contribution in [1.82, 2.24) is 5.43 Å². The van der Waals surface area contributed by atoms with Gasteiger partial charge < -0.3 is 0 Å². The molecule has 3 N–H and O–H groups in total. The van der Waals surface area contributed by atoms with Crippen molar-refractivity contribution < 1.29 is 8.78 Å². The molecule has 2 nitrogen and oxygen atoms in total. The minimum Gasteiger partial charge on any atom is -0.271 e. The maximum atomic E-state index is 13.3. The van der Waals surface area contributed by atoms with E-state index in [1.54, 1.807) is 0 Å². The molecule has 0 amide bonds. The highest BCUT2D eigenvalue weighted by Crippen LogP contribution is 2.52. The first-order valence-corrected chi connectivity index (χ1v) is 7.49. The quantitative estimate of drug-likeness (QED) is 0.655. The molecule has 3 unspecified atom stereocenters. The molecule has 0 aromatic heterocycles. The van der Waals surface area contributed by atoms with Crippen LogP contribution in [-0.4, -0.2) is 12.0 Å². The van der Waals surface area contributed by atoms with Gasteiger partial charge in [-0.1, -0.05) is 30.3 Å². The van der Waals surface area contributed by atoms with Gasteiger partial charge in [-0.15, -0.1) is 0 Å². The number of rotatable bonds is 4. The van der Waals surface area contributed by atoms with Crippen molar-refractivity contribution in [2.45, 2.75) is 50.0 Å². The number of alkyl halides is 2. The van der Waals surface area contributed by atoms with E-state index in [2.05, 4.69) is 29.7 Å². The third kappa shape index (κ3) is 2.86. The maximum Gasteiger partial charge on any atom is 0.248 e. The molecule has 1 aromatic rings. The van der Waals surface area contributed by atoms with Gasteiger partial charge in [-0.25, -0.2) is 8.78 Å². The summed E-state index contributed by atoms with van der Waals surface area (Å²) in [6.45, 7) is 0. The molecular formula is C16H22F2N2. The predicted molar refractivity (Wildman–Crippen MR) is 75.3 cm³/mol. The van der Waals surface area contributed by atoms with Crippen LogP contribution in [0.25, 0.3) is 0 Å². The number of hydrazine groups is 1. The van der Waals surface area contributed by atoms with Crippen LogP contribution in [0.3, 0.4) is 0 Å². The Kier molecular flexibility index (Phi) is 3.78. The van der Waals surface area contributed by atoms with Crippen molar-refractivity contribution in [3.63, 3.8) is 0 Å². The molecule has 3 atom stereocenters. The van der Waals surface area contributed by atoms with Gasteiger partial charge in [0, 0.05) is 18.9 Å². The summed E-state index contributed by atoms with van der Waals surface area (Å²) in [7, 11) is 0. The van der Waals surface area contributed by atoms with Crippen molar-refractivity contribution in [3.05, 3.63) is 35.9 Å². The van der Waals surface area contributed by atoms with Crippen LogP contribution >= 0.6 is 0 Å². The fraction of sp³-hybridized carbons (Fsp3) is 0.625. The summed E-state index contributed by atoms with van der Waals surface area (Å²) in [5.41, 5.74) is 4.26. The minimum atomic E-state index is -2.46. The lowest BCUT2D eigenvalue weighted by molar-refractivity contribution is -0.0505. The number of hydrogen-bond acceptors (Lipinski definition) is 2. The summed E-state index contributed by atoms with van der Waals surface area (Å²) in [6.07, 6.45) is 2.31. The van der Waals surface area contributed by atoms with Crippen LogP contribution in [-0.2, 0) is 0 Å². The van der Waals surface area contributed by atoms with Crippen LogP contribution in [0.1, 0.15) is 43.6 Å². The van der Waals surface area contributed by atoms with E-state index in [4.69, 9.17) is 5.84 Å². The second-order valence-electron chi connectivity index (χ2n) is 6.30. The summed E-state index contributed by atoms with van der Waals surface area (Å²) in [4.78, 5) is 0. The third-order valence-electron chi connectivity index (χ3n) is 4.99. The van der Waals surface area contributed by atoms with E-state index in [1.165, 1.54) is 5.56 Å². The number of nitrogens with one attached hydrogen (secondary N) is 1. The van der Waals surface area contributed by atoms with Gasteiger partial charge in [0.1, 0.15) is 0 Å². The summed E-state index contributed by atoms with van der Waals surface area (Å²) < 4.78 is 26.5. The van der Waals surface area contributed by atoms with E-state index in [0.29, 0.717) is 30.6 Å². The second kappa shape index (κ2) is 5.41. The zero-order valence-corrected chi connectivity index (χ0v) is 11.6. The maximum absolute atomic E-state index is 13.3. The standard InChI is InChI=1S/C16H22F2N2/c17-16(18)8-6-12(7-9-16)15(20-19)14-10-13(14)11-4-2-1-3-5-11/h1-5,12-15,20H,6-10,19H2. The molecule has 0 spiro atoms. The largest absolute Gasteiger partial charge is 0.271 e. The Morgan fingerprint density at radius 1 is 1.15 bits per heavy atom. The average molecular weight is 280 g/mol. The monoisotopic (exact) mass is 280 g/mol. The molecule has 2 aliphatic carbocycles. The lowest BCUT2D eigenvalue weighted by Crippen LogP contribution is -2.45. The van der Waals surface area contributed by atoms with Gasteiger partial charge in [-0.05, 0) is 42.6 Å². The molecule has 0 aliphatic heterocycles. The first-order chi connectivity index (χ1) is 9.61. The van der Waals surface area contributed by atoms with Crippen LogP contribution in [0.4, 0.5) is 8.78 Å². The number of hydrogen-bond donors (Lipinski definition) is 2. The first kappa shape index (κ1) is 14.0. The van der Waals surface area contributed by atoms with Gasteiger partial charge in [0.25, 0.3) is 0 Å². The lowest BCUT2D eigenvalue weighted by atomic mass is 9.80. The summed E-state index contributed by atoms with van der Waals surface area (Å²) in [5.74, 6) is 4.59. The van der Waals surface area contributed by atoms with Crippen molar-refractivity contribution in [2.24, 2.45) is 17.7 Å². The first-order valence-electron chi connectivity index (χ1n) is 7.49. The smallest absolute Gasteiger partial charge is 0.248 e. The molecular weight excluding hydrogens is 258 g/mol. The SMILES string of the molecule is NNC(C1CCC(F)(F)CC1)C1CC1c1ccccc1. The van der Waals surface area contributed by atoms with Crippen LogP contribution in [0.15, 0.2) is 30.3 Å². The van der Waals surface area contributed by atoms with E-state index in [0.717, 1.165) is 6.42 Å². The summed E-state index contributed by atoms with van der Waals surface area (Å²) >= 11 is 0. The van der Waals surface area contributed by atoms with Crippen molar-refractivity contribution in [1.29, 1.82) is 0 Å². The molecule has 1 aromatic carbocycles. The van der Waals surface area contributed by atoms with Gasteiger partial charge in [-0.3, -0.25) is 11.3 Å². The Bertz CT molecular complexity index is 439. The highest BCUT2D eigenvalue weighted by Gasteiger charge is 2.48. The Hall–Kier alpha value is -1.00. The van der Waals surface area contributed by atoms with Crippen LogP contribution in [0.5, 0.6) is 0 Å². The Morgan fingerprint density at radius 3 is 2.40 bits per heavy atom. The van der Waals surface area contributed by atoms with Crippen molar-refractivity contribution >= 4 is 0 Å². The Morgan fingerprint density at radius 2 is 1.80 bits per heavy atom. The molecule has 0 bridgehead atoms. The zero-order chi connectivity index (χ0) is 14.2. The van der Waals surface area contributed by atoms with Gasteiger partial charge in [-0.2, -0.15) is 0 Å². The molecule has 0 radical (unpaired) electrons. The van der Waals surface area contributed by atoms with E-state index in [9.17, 15) is 8.78 Å². The fourth-order valence-corrected chi connectivity index (χ4v) is 3.73. The molecule has 0 saturated heterocycles. The highest BCUT2D eigenvalue weighted by atomic mass is 19.3. The van der Waals surface area contributed by atoms with E-state index >= 15 is 0 Å². The molecule has 2 aliphatic rings. The van der Waals surface area contributed by atoms with Crippen molar-refractivity contribution in [3.8, 4) is 0 Å². The van der Waals surface area contributed by atoms with Gasteiger partial charge in [0.2, 0.25) is 5.92 Å². The molecule has 2 fully saturated rings. The Balaban J connectivity index is 1.62. The van der Waals surface area contributed by atoms with E-state index in [-0.39, 0.29) is 18.9 Å². The molecule has 4 heteroatoms. The van der Waals surface area contributed by atoms with Crippen LogP contribution in [0, 0.1) is 11.8 Å². The van der Waals surface area contributed by atoms with Gasteiger partial charge >= 0.3 is 0 Å². The second-order valence-corrected chi connectivity index (χ2v) is 6.30. The van der Waals surface area contributed by atoms with Crippen molar-refractivity contribution in [2.75, 3.05) is 0 Å². The molecule has 3 rings (SSSR count). The summed E-state index contributed by atoms with van der Waals surface area (Å²) in [5, 5.41) is 0. The average Bonchev–Trinajstić information content (AvgIpc) is 3.23. The topological polar surface area (TPSA) is 38.0 Å². The van der Waals surface area contributed by atoms with Gasteiger partial charge in [0.05, 0.1) is 0 Å². The number of benzene rings is 1. The highest BCUT2D eigenvalue weighted by molar-refractivity contribution is 5.26. The van der Waals surface area contributed by atoms with E-state index in [1.807, 2.05) is 6.07 Å². The lowest BCUT2D eigenvalue weighted by Gasteiger charge is -2.33. The Labute approximate surface area is 118 Å².